The average Bonchev–Trinajstić information content (AvgIpc) is 2.48. The molecule has 0 aliphatic carbocycles. The van der Waals surface area contributed by atoms with Crippen molar-refractivity contribution in [3.05, 3.63) is 71.8 Å². The van der Waals surface area contributed by atoms with Crippen LogP contribution in [0.2, 0.25) is 0 Å². The highest BCUT2D eigenvalue weighted by molar-refractivity contribution is 5.94. The monoisotopic (exact) mass is 254 g/mol. The highest BCUT2D eigenvalue weighted by atomic mass is 16.1. The Bertz CT molecular complexity index is 511. The number of hydrogen-bond acceptors (Lipinski definition) is 2. The molecular formula is C16H18N2O. The van der Waals surface area contributed by atoms with Gasteiger partial charge in [0.1, 0.15) is 0 Å². The first-order valence-corrected chi connectivity index (χ1v) is 6.39. The first kappa shape index (κ1) is 13.3. The molecule has 3 nitrogen and oxygen atoms in total. The molecule has 19 heavy (non-hydrogen) atoms. The summed E-state index contributed by atoms with van der Waals surface area (Å²) in [5.74, 6) is -0.0769. The zero-order valence-corrected chi connectivity index (χ0v) is 10.8. The maximum Gasteiger partial charge on any atom is 0.251 e. The van der Waals surface area contributed by atoms with E-state index in [2.05, 4.69) is 5.32 Å². The third-order valence-corrected chi connectivity index (χ3v) is 2.98. The van der Waals surface area contributed by atoms with Crippen molar-refractivity contribution in [3.63, 3.8) is 0 Å². The van der Waals surface area contributed by atoms with Gasteiger partial charge in [0.05, 0.1) is 0 Å². The van der Waals surface area contributed by atoms with Crippen molar-refractivity contribution in [1.29, 1.82) is 0 Å². The van der Waals surface area contributed by atoms with Gasteiger partial charge in [0, 0.05) is 18.2 Å². The lowest BCUT2D eigenvalue weighted by atomic mass is 10.1. The molecule has 0 aliphatic heterocycles. The molecule has 0 aromatic heterocycles. The number of nitrogens with two attached hydrogens (primary N) is 1. The van der Waals surface area contributed by atoms with Crippen LogP contribution in [0.25, 0.3) is 0 Å². The molecule has 2 rings (SSSR count). The van der Waals surface area contributed by atoms with Crippen LogP contribution >= 0.6 is 0 Å². The molecule has 1 amide bonds. The topological polar surface area (TPSA) is 55.1 Å². The Balaban J connectivity index is 1.98. The number of carbonyl (C=O) groups excluding carboxylic acids is 1. The normalized spacial score (nSPS) is 11.8. The Hall–Kier alpha value is -2.13. The summed E-state index contributed by atoms with van der Waals surface area (Å²) in [5.41, 5.74) is 7.57. The van der Waals surface area contributed by atoms with E-state index in [1.807, 2.05) is 48.5 Å². The zero-order valence-electron chi connectivity index (χ0n) is 10.8. The number of rotatable bonds is 5. The summed E-state index contributed by atoms with van der Waals surface area (Å²) in [4.78, 5) is 12.0. The van der Waals surface area contributed by atoms with Crippen LogP contribution in [0.15, 0.2) is 60.7 Å². The van der Waals surface area contributed by atoms with Gasteiger partial charge in [-0.25, -0.2) is 0 Å². The predicted octanol–water partition coefficient (Wildman–Crippen LogP) is 1.99. The maximum atomic E-state index is 12.0. The second kappa shape index (κ2) is 6.71. The van der Waals surface area contributed by atoms with Gasteiger partial charge in [-0.3, -0.25) is 4.79 Å². The smallest absolute Gasteiger partial charge is 0.251 e. The lowest BCUT2D eigenvalue weighted by Gasteiger charge is -2.17. The van der Waals surface area contributed by atoms with Crippen molar-refractivity contribution in [3.8, 4) is 0 Å². The SMILES string of the molecule is NCC(Cc1ccccc1)NC(=O)c1ccccc1. The fourth-order valence-corrected chi connectivity index (χ4v) is 1.95. The first-order valence-electron chi connectivity index (χ1n) is 6.39. The Morgan fingerprint density at radius 3 is 2.16 bits per heavy atom. The minimum atomic E-state index is -0.0769. The number of hydrogen-bond donors (Lipinski definition) is 2. The van der Waals surface area contributed by atoms with Gasteiger partial charge in [0.25, 0.3) is 5.91 Å². The lowest BCUT2D eigenvalue weighted by molar-refractivity contribution is 0.0938. The predicted molar refractivity (Wildman–Crippen MR) is 76.9 cm³/mol. The third-order valence-electron chi connectivity index (χ3n) is 2.98. The summed E-state index contributed by atoms with van der Waals surface area (Å²) in [7, 11) is 0. The van der Waals surface area contributed by atoms with E-state index in [1.54, 1.807) is 12.1 Å². The van der Waals surface area contributed by atoms with Crippen molar-refractivity contribution >= 4 is 5.91 Å². The van der Waals surface area contributed by atoms with Gasteiger partial charge < -0.3 is 11.1 Å². The van der Waals surface area contributed by atoms with Gasteiger partial charge in [-0.2, -0.15) is 0 Å². The molecule has 1 atom stereocenters. The van der Waals surface area contributed by atoms with E-state index >= 15 is 0 Å². The molecule has 0 saturated carbocycles. The molecule has 0 heterocycles. The molecule has 3 heteroatoms. The molecule has 2 aromatic rings. The van der Waals surface area contributed by atoms with Gasteiger partial charge in [-0.05, 0) is 24.1 Å². The molecule has 0 radical (unpaired) electrons. The van der Waals surface area contributed by atoms with Crippen LogP contribution in [0.4, 0.5) is 0 Å². The van der Waals surface area contributed by atoms with Crippen LogP contribution in [-0.2, 0) is 6.42 Å². The van der Waals surface area contributed by atoms with Crippen molar-refractivity contribution in [2.24, 2.45) is 5.73 Å². The number of benzene rings is 2. The maximum absolute atomic E-state index is 12.0. The lowest BCUT2D eigenvalue weighted by Crippen LogP contribution is -2.41. The molecule has 0 aliphatic rings. The molecule has 98 valence electrons. The van der Waals surface area contributed by atoms with Gasteiger partial charge in [0.2, 0.25) is 0 Å². The van der Waals surface area contributed by atoms with E-state index in [0.29, 0.717) is 12.1 Å². The van der Waals surface area contributed by atoms with Gasteiger partial charge in [-0.15, -0.1) is 0 Å². The summed E-state index contributed by atoms with van der Waals surface area (Å²) in [6.07, 6.45) is 0.746. The van der Waals surface area contributed by atoms with Crippen LogP contribution in [-0.4, -0.2) is 18.5 Å². The summed E-state index contributed by atoms with van der Waals surface area (Å²) >= 11 is 0. The standard InChI is InChI=1S/C16H18N2O/c17-12-15(11-13-7-3-1-4-8-13)18-16(19)14-9-5-2-6-10-14/h1-10,15H,11-12,17H2,(H,18,19). The number of nitrogens with one attached hydrogen (secondary N) is 1. The second-order valence-electron chi connectivity index (χ2n) is 4.46. The summed E-state index contributed by atoms with van der Waals surface area (Å²) in [5, 5.41) is 2.97. The molecule has 3 N–H and O–H groups in total. The number of amides is 1. The van der Waals surface area contributed by atoms with E-state index in [4.69, 9.17) is 5.73 Å². The zero-order chi connectivity index (χ0) is 13.5. The van der Waals surface area contributed by atoms with E-state index in [-0.39, 0.29) is 11.9 Å². The molecule has 0 bridgehead atoms. The first-order chi connectivity index (χ1) is 9.29. The van der Waals surface area contributed by atoms with E-state index in [9.17, 15) is 4.79 Å². The van der Waals surface area contributed by atoms with E-state index in [1.165, 1.54) is 5.56 Å². The van der Waals surface area contributed by atoms with Crippen LogP contribution < -0.4 is 11.1 Å². The fraction of sp³-hybridized carbons (Fsp3) is 0.188. The summed E-state index contributed by atoms with van der Waals surface area (Å²) < 4.78 is 0. The molecule has 1 unspecified atom stereocenters. The Kier molecular flexibility index (Phi) is 4.70. The molecule has 0 spiro atoms. The third kappa shape index (κ3) is 3.93. The van der Waals surface area contributed by atoms with Crippen LogP contribution in [0.3, 0.4) is 0 Å². The van der Waals surface area contributed by atoms with Crippen LogP contribution in [0.5, 0.6) is 0 Å². The second-order valence-corrected chi connectivity index (χ2v) is 4.46. The molecular weight excluding hydrogens is 236 g/mol. The summed E-state index contributed by atoms with van der Waals surface area (Å²) in [6.45, 7) is 0.424. The van der Waals surface area contributed by atoms with Crippen LogP contribution in [0, 0.1) is 0 Å². The average molecular weight is 254 g/mol. The molecule has 0 fully saturated rings. The van der Waals surface area contributed by atoms with Gasteiger partial charge >= 0.3 is 0 Å². The van der Waals surface area contributed by atoms with Crippen molar-refractivity contribution in [1.82, 2.24) is 5.32 Å². The van der Waals surface area contributed by atoms with Gasteiger partial charge in [-0.1, -0.05) is 48.5 Å². The Labute approximate surface area is 113 Å². The fourth-order valence-electron chi connectivity index (χ4n) is 1.95. The minimum absolute atomic E-state index is 0.0462. The minimum Gasteiger partial charge on any atom is -0.348 e. The van der Waals surface area contributed by atoms with Crippen LogP contribution in [0.1, 0.15) is 15.9 Å². The highest BCUT2D eigenvalue weighted by Crippen LogP contribution is 2.04. The molecule has 2 aromatic carbocycles. The van der Waals surface area contributed by atoms with E-state index < -0.39 is 0 Å². The highest BCUT2D eigenvalue weighted by Gasteiger charge is 2.12. The van der Waals surface area contributed by atoms with E-state index in [0.717, 1.165) is 6.42 Å². The largest absolute Gasteiger partial charge is 0.348 e. The van der Waals surface area contributed by atoms with Crippen molar-refractivity contribution in [2.45, 2.75) is 12.5 Å². The van der Waals surface area contributed by atoms with Gasteiger partial charge in [0.15, 0.2) is 0 Å². The summed E-state index contributed by atoms with van der Waals surface area (Å²) in [6, 6.07) is 19.2. The van der Waals surface area contributed by atoms with Crippen molar-refractivity contribution < 1.29 is 4.79 Å². The Morgan fingerprint density at radius 2 is 1.58 bits per heavy atom. The number of carbonyl (C=O) groups is 1. The Morgan fingerprint density at radius 1 is 1.00 bits per heavy atom. The van der Waals surface area contributed by atoms with Crippen molar-refractivity contribution in [2.75, 3.05) is 6.54 Å². The molecule has 0 saturated heterocycles. The quantitative estimate of drug-likeness (QED) is 0.857.